The van der Waals surface area contributed by atoms with E-state index in [9.17, 15) is 0 Å². The minimum atomic E-state index is -0.168. The van der Waals surface area contributed by atoms with Crippen LogP contribution in [-0.2, 0) is 5.41 Å². The summed E-state index contributed by atoms with van der Waals surface area (Å²) in [5.74, 6) is 0. The third-order valence-corrected chi connectivity index (χ3v) is 10.1. The molecule has 0 unspecified atom stereocenters. The molecule has 6 aromatic carbocycles. The SMILES string of the molecule is CC1(C)c2cc(N(c3ccccc3)c3ccc4oc5ccccc5c4c3)ccc2-c2cc3sc(-c4ccccc4)nc3cc21. The number of aromatic nitrogens is 1. The van der Waals surface area contributed by atoms with Crippen LogP contribution < -0.4 is 4.90 Å². The Bertz CT molecular complexity index is 2370. The Hall–Kier alpha value is -5.19. The van der Waals surface area contributed by atoms with Gasteiger partial charge in [0.2, 0.25) is 0 Å². The average Bonchev–Trinajstić information content (AvgIpc) is 3.72. The van der Waals surface area contributed by atoms with Gasteiger partial charge in [0.25, 0.3) is 0 Å². The van der Waals surface area contributed by atoms with Gasteiger partial charge in [-0.3, -0.25) is 0 Å². The number of hydrogen-bond acceptors (Lipinski definition) is 4. The predicted molar refractivity (Wildman–Crippen MR) is 185 cm³/mol. The van der Waals surface area contributed by atoms with Gasteiger partial charge >= 0.3 is 0 Å². The fourth-order valence-corrected chi connectivity index (χ4v) is 7.86. The number of benzene rings is 6. The Labute approximate surface area is 259 Å². The molecule has 2 heterocycles. The molecule has 0 spiro atoms. The molecule has 0 aliphatic heterocycles. The van der Waals surface area contributed by atoms with Gasteiger partial charge in [-0.15, -0.1) is 11.3 Å². The van der Waals surface area contributed by atoms with Crippen molar-refractivity contribution in [1.29, 1.82) is 0 Å². The highest BCUT2D eigenvalue weighted by atomic mass is 32.1. The van der Waals surface area contributed by atoms with Crippen LogP contribution in [-0.4, -0.2) is 4.98 Å². The van der Waals surface area contributed by atoms with Crippen molar-refractivity contribution in [3.63, 3.8) is 0 Å². The zero-order valence-electron chi connectivity index (χ0n) is 24.4. The third kappa shape index (κ3) is 3.78. The summed E-state index contributed by atoms with van der Waals surface area (Å²) in [7, 11) is 0. The standard InChI is InChI=1S/C40H28N2OS/c1-40(2)33-22-28(17-19-29(33)31-23-38-35(24-34(31)40)41-39(44-38)25-11-5-3-6-12-25)42(26-13-7-4-8-14-26)27-18-20-37-32(21-27)30-15-9-10-16-36(30)43-37/h3-24H,1-2H3. The van der Waals surface area contributed by atoms with Crippen molar-refractivity contribution in [1.82, 2.24) is 4.98 Å². The lowest BCUT2D eigenvalue weighted by Crippen LogP contribution is -2.16. The summed E-state index contributed by atoms with van der Waals surface area (Å²) >= 11 is 1.77. The summed E-state index contributed by atoms with van der Waals surface area (Å²) < 4.78 is 7.38. The predicted octanol–water partition coefficient (Wildman–Crippen LogP) is 11.6. The van der Waals surface area contributed by atoms with Gasteiger partial charge in [0.15, 0.2) is 0 Å². The first kappa shape index (κ1) is 25.3. The zero-order chi connectivity index (χ0) is 29.4. The lowest BCUT2D eigenvalue weighted by molar-refractivity contribution is 0.661. The number of fused-ring (bicyclic) bond motifs is 7. The monoisotopic (exact) mass is 584 g/mol. The van der Waals surface area contributed by atoms with Gasteiger partial charge < -0.3 is 9.32 Å². The molecule has 8 aromatic rings. The van der Waals surface area contributed by atoms with Crippen molar-refractivity contribution in [3.05, 3.63) is 145 Å². The minimum Gasteiger partial charge on any atom is -0.456 e. The van der Waals surface area contributed by atoms with E-state index in [1.54, 1.807) is 11.3 Å². The smallest absolute Gasteiger partial charge is 0.135 e. The van der Waals surface area contributed by atoms with Crippen molar-refractivity contribution in [2.45, 2.75) is 19.3 Å². The summed E-state index contributed by atoms with van der Waals surface area (Å²) in [5.41, 5.74) is 12.5. The lowest BCUT2D eigenvalue weighted by atomic mass is 9.82. The number of nitrogens with zero attached hydrogens (tertiary/aromatic N) is 2. The Morgan fingerprint density at radius 1 is 0.591 bits per heavy atom. The maximum Gasteiger partial charge on any atom is 0.135 e. The van der Waals surface area contributed by atoms with Crippen molar-refractivity contribution >= 4 is 60.6 Å². The van der Waals surface area contributed by atoms with Crippen LogP contribution in [0.25, 0.3) is 53.9 Å². The summed E-state index contributed by atoms with van der Waals surface area (Å²) in [4.78, 5) is 7.41. The largest absolute Gasteiger partial charge is 0.456 e. The highest BCUT2D eigenvalue weighted by Gasteiger charge is 2.37. The van der Waals surface area contributed by atoms with Gasteiger partial charge in [0.05, 0.1) is 10.2 Å². The number of hydrogen-bond donors (Lipinski definition) is 0. The fourth-order valence-electron chi connectivity index (χ4n) is 6.86. The minimum absolute atomic E-state index is 0.168. The van der Waals surface area contributed by atoms with Crippen LogP contribution in [0.4, 0.5) is 17.1 Å². The number of rotatable bonds is 4. The van der Waals surface area contributed by atoms with Gasteiger partial charge in [-0.05, 0) is 82.9 Å². The summed E-state index contributed by atoms with van der Waals surface area (Å²) in [5, 5.41) is 3.32. The Kier molecular flexibility index (Phi) is 5.41. The molecule has 0 saturated heterocycles. The van der Waals surface area contributed by atoms with E-state index in [0.29, 0.717) is 0 Å². The Balaban J connectivity index is 1.19. The van der Waals surface area contributed by atoms with E-state index in [1.165, 1.54) is 32.5 Å². The van der Waals surface area contributed by atoms with Crippen molar-refractivity contribution < 1.29 is 4.42 Å². The van der Waals surface area contributed by atoms with Gasteiger partial charge in [-0.25, -0.2) is 4.98 Å². The number of para-hydroxylation sites is 2. The van der Waals surface area contributed by atoms with E-state index in [0.717, 1.165) is 49.5 Å². The van der Waals surface area contributed by atoms with Gasteiger partial charge in [-0.2, -0.15) is 0 Å². The molecular weight excluding hydrogens is 557 g/mol. The molecule has 4 heteroatoms. The molecule has 0 radical (unpaired) electrons. The second kappa shape index (κ2) is 9.40. The first-order valence-corrected chi connectivity index (χ1v) is 15.8. The van der Waals surface area contributed by atoms with Crippen LogP contribution in [0.15, 0.2) is 138 Å². The number of anilines is 3. The van der Waals surface area contributed by atoms with Crippen molar-refractivity contribution in [2.75, 3.05) is 4.90 Å². The second-order valence-electron chi connectivity index (χ2n) is 12.1. The van der Waals surface area contributed by atoms with E-state index in [-0.39, 0.29) is 5.41 Å². The average molecular weight is 585 g/mol. The molecule has 2 aromatic heterocycles. The van der Waals surface area contributed by atoms with Gasteiger partial charge in [0, 0.05) is 38.8 Å². The molecule has 210 valence electrons. The topological polar surface area (TPSA) is 29.3 Å². The van der Waals surface area contributed by atoms with Crippen molar-refractivity contribution in [3.8, 4) is 21.7 Å². The van der Waals surface area contributed by atoms with Gasteiger partial charge in [0.1, 0.15) is 16.2 Å². The van der Waals surface area contributed by atoms with E-state index in [4.69, 9.17) is 9.40 Å². The maximum absolute atomic E-state index is 6.16. The molecule has 0 N–H and O–H groups in total. The van der Waals surface area contributed by atoms with Crippen LogP contribution in [0, 0.1) is 0 Å². The van der Waals surface area contributed by atoms with Gasteiger partial charge in [-0.1, -0.05) is 86.6 Å². The van der Waals surface area contributed by atoms with Crippen LogP contribution >= 0.6 is 11.3 Å². The molecule has 0 saturated carbocycles. The summed E-state index contributed by atoms with van der Waals surface area (Å²) in [6.45, 7) is 4.68. The van der Waals surface area contributed by atoms with Crippen LogP contribution in [0.3, 0.4) is 0 Å². The van der Waals surface area contributed by atoms with Crippen LogP contribution in [0.5, 0.6) is 0 Å². The van der Waals surface area contributed by atoms with E-state index in [1.807, 2.05) is 12.1 Å². The second-order valence-corrected chi connectivity index (χ2v) is 13.1. The number of furan rings is 1. The zero-order valence-corrected chi connectivity index (χ0v) is 25.2. The molecule has 44 heavy (non-hydrogen) atoms. The summed E-state index contributed by atoms with van der Waals surface area (Å²) in [6, 6.07) is 47.5. The first-order valence-electron chi connectivity index (χ1n) is 15.0. The molecule has 9 rings (SSSR count). The van der Waals surface area contributed by atoms with E-state index >= 15 is 0 Å². The molecule has 0 fully saturated rings. The number of thiazole rings is 1. The molecule has 0 atom stereocenters. The fraction of sp³-hybridized carbons (Fsp3) is 0.0750. The maximum atomic E-state index is 6.16. The molecule has 0 bridgehead atoms. The Morgan fingerprint density at radius 2 is 1.27 bits per heavy atom. The van der Waals surface area contributed by atoms with Crippen molar-refractivity contribution in [2.24, 2.45) is 0 Å². The lowest BCUT2D eigenvalue weighted by Gasteiger charge is -2.28. The van der Waals surface area contributed by atoms with Crippen LogP contribution in [0.2, 0.25) is 0 Å². The normalized spacial score (nSPS) is 13.4. The molecule has 3 nitrogen and oxygen atoms in total. The van der Waals surface area contributed by atoms with E-state index < -0.39 is 0 Å². The van der Waals surface area contributed by atoms with E-state index in [2.05, 4.69) is 140 Å². The first-order chi connectivity index (χ1) is 21.5. The third-order valence-electron chi connectivity index (χ3n) is 9.08. The Morgan fingerprint density at radius 3 is 2.11 bits per heavy atom. The summed E-state index contributed by atoms with van der Waals surface area (Å²) in [6.07, 6.45) is 0. The highest BCUT2D eigenvalue weighted by Crippen LogP contribution is 2.52. The quantitative estimate of drug-likeness (QED) is 0.206. The van der Waals surface area contributed by atoms with Crippen LogP contribution in [0.1, 0.15) is 25.0 Å². The highest BCUT2D eigenvalue weighted by molar-refractivity contribution is 7.21. The molecule has 0 amide bonds. The molecule has 1 aliphatic carbocycles. The molecular formula is C40H28N2OS. The molecule has 1 aliphatic rings.